The molecule has 0 spiro atoms. The van der Waals surface area contributed by atoms with E-state index in [1.165, 1.54) is 11.1 Å². The van der Waals surface area contributed by atoms with E-state index in [1.54, 1.807) is 0 Å². The van der Waals surface area contributed by atoms with Gasteiger partial charge in [0.05, 0.1) is 6.54 Å². The molecule has 0 fully saturated rings. The third-order valence-corrected chi connectivity index (χ3v) is 3.53. The van der Waals surface area contributed by atoms with E-state index < -0.39 is 0 Å². The molecule has 1 aromatic rings. The molecule has 1 aromatic carbocycles. The van der Waals surface area contributed by atoms with Crippen molar-refractivity contribution >= 4 is 29.9 Å². The van der Waals surface area contributed by atoms with E-state index in [9.17, 15) is 0 Å². The van der Waals surface area contributed by atoms with Gasteiger partial charge in [0.2, 0.25) is 0 Å². The predicted octanol–water partition coefficient (Wildman–Crippen LogP) is 3.59. The van der Waals surface area contributed by atoms with Gasteiger partial charge < -0.3 is 11.1 Å². The number of hydrogen-bond donors (Lipinski definition) is 2. The lowest BCUT2D eigenvalue weighted by molar-refractivity contribution is 0.533. The summed E-state index contributed by atoms with van der Waals surface area (Å²) in [4.78, 5) is 4.48. The number of hydrogen-bond acceptors (Lipinski definition) is 1. The average Bonchev–Trinajstić information content (AvgIpc) is 2.36. The predicted molar refractivity (Wildman–Crippen MR) is 99.0 cm³/mol. The Morgan fingerprint density at radius 2 is 1.95 bits per heavy atom. The monoisotopic (exact) mass is 389 g/mol. The lowest BCUT2D eigenvalue weighted by Gasteiger charge is -2.25. The standard InChI is InChI=1S/C16H27N3.HI/c1-6-13(3)19-15(17)18-11-16(4,5)14-10-8-7-9-12(14)2;/h7-10,13H,6,11H2,1-5H3,(H3,17,18,19);1H. The van der Waals surface area contributed by atoms with E-state index in [0.29, 0.717) is 18.5 Å². The molecule has 114 valence electrons. The number of guanidine groups is 1. The van der Waals surface area contributed by atoms with Crippen LogP contribution in [0.25, 0.3) is 0 Å². The Kier molecular flexibility index (Phi) is 8.16. The molecule has 0 saturated heterocycles. The van der Waals surface area contributed by atoms with Gasteiger partial charge in [0.15, 0.2) is 5.96 Å². The fourth-order valence-electron chi connectivity index (χ4n) is 2.10. The molecule has 1 atom stereocenters. The van der Waals surface area contributed by atoms with Crippen LogP contribution in [-0.4, -0.2) is 18.5 Å². The highest BCUT2D eigenvalue weighted by atomic mass is 127. The van der Waals surface area contributed by atoms with Crippen LogP contribution in [0.15, 0.2) is 29.3 Å². The van der Waals surface area contributed by atoms with E-state index in [2.05, 4.69) is 69.2 Å². The van der Waals surface area contributed by atoms with Crippen LogP contribution < -0.4 is 11.1 Å². The molecule has 0 aliphatic heterocycles. The third-order valence-electron chi connectivity index (χ3n) is 3.53. The molecule has 0 aromatic heterocycles. The van der Waals surface area contributed by atoms with Crippen molar-refractivity contribution in [3.05, 3.63) is 35.4 Å². The molecular formula is C16H28IN3. The van der Waals surface area contributed by atoms with Crippen molar-refractivity contribution in [2.24, 2.45) is 10.7 Å². The smallest absolute Gasteiger partial charge is 0.188 e. The molecule has 0 aliphatic rings. The number of aryl methyl sites for hydroxylation is 1. The highest BCUT2D eigenvalue weighted by molar-refractivity contribution is 14.0. The Balaban J connectivity index is 0.00000361. The van der Waals surface area contributed by atoms with E-state index in [-0.39, 0.29) is 29.4 Å². The van der Waals surface area contributed by atoms with Gasteiger partial charge in [-0.15, -0.1) is 24.0 Å². The van der Waals surface area contributed by atoms with Gasteiger partial charge in [0.25, 0.3) is 0 Å². The number of aliphatic imine (C=N–C) groups is 1. The second-order valence-corrected chi connectivity index (χ2v) is 5.85. The number of nitrogens with two attached hydrogens (primary N) is 1. The fourth-order valence-corrected chi connectivity index (χ4v) is 2.10. The van der Waals surface area contributed by atoms with Crippen molar-refractivity contribution in [3.63, 3.8) is 0 Å². The Morgan fingerprint density at radius 3 is 2.50 bits per heavy atom. The molecule has 20 heavy (non-hydrogen) atoms. The first-order valence-electron chi connectivity index (χ1n) is 6.99. The minimum absolute atomic E-state index is 0. The third kappa shape index (κ3) is 5.69. The Hall–Kier alpha value is -0.780. The number of halogens is 1. The van der Waals surface area contributed by atoms with Gasteiger partial charge in [0.1, 0.15) is 0 Å². The number of nitrogens with zero attached hydrogens (tertiary/aromatic N) is 1. The first-order chi connectivity index (χ1) is 8.86. The maximum Gasteiger partial charge on any atom is 0.188 e. The van der Waals surface area contributed by atoms with Gasteiger partial charge in [0, 0.05) is 11.5 Å². The zero-order chi connectivity index (χ0) is 14.5. The van der Waals surface area contributed by atoms with E-state index in [0.717, 1.165) is 6.42 Å². The molecular weight excluding hydrogens is 361 g/mol. The average molecular weight is 389 g/mol. The lowest BCUT2D eigenvalue weighted by atomic mass is 9.82. The van der Waals surface area contributed by atoms with E-state index >= 15 is 0 Å². The Bertz CT molecular complexity index is 441. The van der Waals surface area contributed by atoms with Crippen LogP contribution in [0, 0.1) is 6.92 Å². The zero-order valence-electron chi connectivity index (χ0n) is 13.2. The SMILES string of the molecule is CCC(C)NC(N)=NCC(C)(C)c1ccccc1C.I. The van der Waals surface area contributed by atoms with Crippen LogP contribution in [0.1, 0.15) is 45.2 Å². The van der Waals surface area contributed by atoms with Gasteiger partial charge in [-0.3, -0.25) is 4.99 Å². The van der Waals surface area contributed by atoms with Crippen molar-refractivity contribution < 1.29 is 0 Å². The molecule has 4 heteroatoms. The zero-order valence-corrected chi connectivity index (χ0v) is 15.6. The van der Waals surface area contributed by atoms with Gasteiger partial charge in [-0.25, -0.2) is 0 Å². The molecule has 0 heterocycles. The minimum Gasteiger partial charge on any atom is -0.370 e. The second-order valence-electron chi connectivity index (χ2n) is 5.85. The molecule has 0 radical (unpaired) electrons. The van der Waals surface area contributed by atoms with Gasteiger partial charge in [-0.1, -0.05) is 45.0 Å². The lowest BCUT2D eigenvalue weighted by Crippen LogP contribution is -2.39. The Labute approximate surface area is 140 Å². The van der Waals surface area contributed by atoms with Crippen LogP contribution in [0.2, 0.25) is 0 Å². The molecule has 1 rings (SSSR count). The molecule has 0 amide bonds. The van der Waals surface area contributed by atoms with Crippen molar-refractivity contribution in [1.82, 2.24) is 5.32 Å². The van der Waals surface area contributed by atoms with Crippen LogP contribution in [0.3, 0.4) is 0 Å². The van der Waals surface area contributed by atoms with Crippen molar-refractivity contribution in [2.45, 2.75) is 52.5 Å². The summed E-state index contributed by atoms with van der Waals surface area (Å²) < 4.78 is 0. The Morgan fingerprint density at radius 1 is 1.35 bits per heavy atom. The van der Waals surface area contributed by atoms with Crippen molar-refractivity contribution in [2.75, 3.05) is 6.54 Å². The first kappa shape index (κ1) is 19.2. The minimum atomic E-state index is -0.00685. The molecule has 0 saturated carbocycles. The van der Waals surface area contributed by atoms with Gasteiger partial charge in [-0.05, 0) is 31.4 Å². The van der Waals surface area contributed by atoms with Crippen LogP contribution in [0.4, 0.5) is 0 Å². The normalized spacial score (nSPS) is 13.6. The topological polar surface area (TPSA) is 50.4 Å². The van der Waals surface area contributed by atoms with Crippen LogP contribution in [-0.2, 0) is 5.41 Å². The van der Waals surface area contributed by atoms with Crippen LogP contribution >= 0.6 is 24.0 Å². The highest BCUT2D eigenvalue weighted by Crippen LogP contribution is 2.26. The van der Waals surface area contributed by atoms with Gasteiger partial charge in [-0.2, -0.15) is 0 Å². The summed E-state index contributed by atoms with van der Waals surface area (Å²) in [5.41, 5.74) is 8.54. The molecule has 0 aliphatic carbocycles. The molecule has 3 nitrogen and oxygen atoms in total. The highest BCUT2D eigenvalue weighted by Gasteiger charge is 2.21. The van der Waals surface area contributed by atoms with E-state index in [1.807, 2.05) is 0 Å². The first-order valence-corrected chi connectivity index (χ1v) is 6.99. The molecule has 1 unspecified atom stereocenters. The van der Waals surface area contributed by atoms with Crippen molar-refractivity contribution in [3.8, 4) is 0 Å². The van der Waals surface area contributed by atoms with Gasteiger partial charge >= 0.3 is 0 Å². The number of nitrogens with one attached hydrogen (secondary N) is 1. The summed E-state index contributed by atoms with van der Waals surface area (Å²) >= 11 is 0. The van der Waals surface area contributed by atoms with E-state index in [4.69, 9.17) is 5.73 Å². The maximum absolute atomic E-state index is 5.91. The summed E-state index contributed by atoms with van der Waals surface area (Å²) in [5.74, 6) is 0.538. The quantitative estimate of drug-likeness (QED) is 0.459. The van der Waals surface area contributed by atoms with Crippen molar-refractivity contribution in [1.29, 1.82) is 0 Å². The summed E-state index contributed by atoms with van der Waals surface area (Å²) in [6.07, 6.45) is 1.04. The number of rotatable bonds is 5. The summed E-state index contributed by atoms with van der Waals surface area (Å²) in [6.45, 7) is 11.5. The summed E-state index contributed by atoms with van der Waals surface area (Å²) in [6, 6.07) is 8.82. The molecule has 3 N–H and O–H groups in total. The summed E-state index contributed by atoms with van der Waals surface area (Å²) in [7, 11) is 0. The summed E-state index contributed by atoms with van der Waals surface area (Å²) in [5, 5.41) is 3.20. The largest absolute Gasteiger partial charge is 0.370 e. The maximum atomic E-state index is 5.91. The molecule has 0 bridgehead atoms. The second kappa shape index (κ2) is 8.49. The number of benzene rings is 1. The van der Waals surface area contributed by atoms with Crippen LogP contribution in [0.5, 0.6) is 0 Å². The fraction of sp³-hybridized carbons (Fsp3) is 0.562.